The molecule has 5 rings (SSSR count). The van der Waals surface area contributed by atoms with E-state index in [1.165, 1.54) is 11.8 Å². The maximum Gasteiger partial charge on any atom is 0.387 e. The third kappa shape index (κ3) is 8.96. The van der Waals surface area contributed by atoms with Crippen molar-refractivity contribution in [3.05, 3.63) is 82.9 Å². The molecule has 2 aromatic carbocycles. The van der Waals surface area contributed by atoms with Crippen LogP contribution in [0, 0.1) is 17.7 Å². The zero-order valence-electron chi connectivity index (χ0n) is 28.0. The Morgan fingerprint density at radius 2 is 1.81 bits per heavy atom. The van der Waals surface area contributed by atoms with Crippen molar-refractivity contribution in [2.45, 2.75) is 96.4 Å². The van der Waals surface area contributed by atoms with Crippen LogP contribution in [0.15, 0.2) is 54.6 Å². The van der Waals surface area contributed by atoms with E-state index in [2.05, 4.69) is 46.1 Å². The number of carboxylic acid groups (broad SMARTS) is 1. The lowest BCUT2D eigenvalue weighted by atomic mass is 9.87. The Morgan fingerprint density at radius 3 is 2.43 bits per heavy atom. The molecule has 47 heavy (non-hydrogen) atoms. The van der Waals surface area contributed by atoms with Gasteiger partial charge >= 0.3 is 12.6 Å². The molecule has 0 amide bonds. The topological polar surface area (TPSA) is 70.8 Å². The van der Waals surface area contributed by atoms with Crippen LogP contribution < -0.4 is 4.74 Å². The Balaban J connectivity index is 1.23. The molecular weight excluding hydrogens is 605 g/mol. The first-order chi connectivity index (χ1) is 22.5. The Morgan fingerprint density at radius 1 is 1.09 bits per heavy atom. The summed E-state index contributed by atoms with van der Waals surface area (Å²) in [7, 11) is 1.95. The lowest BCUT2D eigenvalue weighted by Gasteiger charge is -2.35. The highest BCUT2D eigenvalue weighted by Gasteiger charge is 2.41. The largest absolute Gasteiger partial charge is 0.480 e. The summed E-state index contributed by atoms with van der Waals surface area (Å²) in [6.07, 6.45) is 4.96. The number of hydrogen-bond donors (Lipinski definition) is 1. The van der Waals surface area contributed by atoms with Crippen LogP contribution in [0.5, 0.6) is 5.75 Å². The molecule has 256 valence electrons. The number of aryl methyl sites for hydroxylation is 1. The number of alkyl halides is 2. The van der Waals surface area contributed by atoms with E-state index >= 15 is 0 Å². The number of aliphatic carboxylic acids is 1. The van der Waals surface area contributed by atoms with E-state index in [4.69, 9.17) is 5.10 Å². The predicted molar refractivity (Wildman–Crippen MR) is 176 cm³/mol. The van der Waals surface area contributed by atoms with Gasteiger partial charge in [-0.1, -0.05) is 38.1 Å². The molecular formula is C37H49F3N4O3. The first kappa shape index (κ1) is 35.0. The summed E-state index contributed by atoms with van der Waals surface area (Å²) in [4.78, 5) is 16.8. The molecule has 1 aliphatic heterocycles. The molecule has 1 N–H and O–H groups in total. The molecule has 3 aromatic rings. The molecule has 1 saturated carbocycles. The number of benzene rings is 2. The highest BCUT2D eigenvalue weighted by molar-refractivity contribution is 5.73. The number of likely N-dealkylation sites (N-methyl/N-ethyl adjacent to an activating group) is 1. The number of piperidine rings is 1. The first-order valence-corrected chi connectivity index (χ1v) is 17.0. The molecule has 0 bridgehead atoms. The van der Waals surface area contributed by atoms with Gasteiger partial charge in [0.15, 0.2) is 0 Å². The maximum atomic E-state index is 14.4. The van der Waals surface area contributed by atoms with E-state index in [0.717, 1.165) is 68.7 Å². The number of carboxylic acids is 1. The number of rotatable bonds is 14. The molecule has 1 aliphatic carbocycles. The minimum Gasteiger partial charge on any atom is -0.480 e. The Hall–Kier alpha value is -3.37. The molecule has 2 aliphatic rings. The molecule has 3 unspecified atom stereocenters. The van der Waals surface area contributed by atoms with Crippen molar-refractivity contribution in [1.82, 2.24) is 19.6 Å². The van der Waals surface area contributed by atoms with E-state index in [0.29, 0.717) is 24.7 Å². The van der Waals surface area contributed by atoms with E-state index in [-0.39, 0.29) is 29.4 Å². The Kier molecular flexibility index (Phi) is 11.7. The molecule has 2 fully saturated rings. The maximum absolute atomic E-state index is 14.4. The van der Waals surface area contributed by atoms with Gasteiger partial charge in [-0.25, -0.2) is 4.39 Å². The smallest absolute Gasteiger partial charge is 0.387 e. The lowest BCUT2D eigenvalue weighted by molar-refractivity contribution is -0.144. The first-order valence-electron chi connectivity index (χ1n) is 17.0. The third-order valence-corrected chi connectivity index (χ3v) is 10.2. The van der Waals surface area contributed by atoms with Crippen molar-refractivity contribution >= 4 is 5.97 Å². The van der Waals surface area contributed by atoms with Crippen LogP contribution >= 0.6 is 0 Å². The van der Waals surface area contributed by atoms with Crippen LogP contribution in [0.2, 0.25) is 0 Å². The SMILES string of the molecule is CCn1nc(Cc2ccc(OC(F)F)cc2)cc1C1CCN(CC2CC(N(C)[C@H](CC(C)C)C(=O)O)CC2c2cccc(F)c2)CC1. The van der Waals surface area contributed by atoms with Gasteiger partial charge < -0.3 is 14.7 Å². The minimum absolute atomic E-state index is 0.121. The fraction of sp³-hybridized carbons (Fsp3) is 0.568. The van der Waals surface area contributed by atoms with Crippen LogP contribution in [0.1, 0.15) is 87.2 Å². The van der Waals surface area contributed by atoms with E-state index in [9.17, 15) is 23.1 Å². The highest BCUT2D eigenvalue weighted by atomic mass is 19.3. The Labute approximate surface area is 276 Å². The van der Waals surface area contributed by atoms with Gasteiger partial charge in [0.2, 0.25) is 0 Å². The number of hydrogen-bond acceptors (Lipinski definition) is 5. The summed E-state index contributed by atoms with van der Waals surface area (Å²) >= 11 is 0. The molecule has 2 heterocycles. The molecule has 4 atom stereocenters. The number of aromatic nitrogens is 2. The van der Waals surface area contributed by atoms with Crippen LogP contribution in [-0.4, -0.2) is 76.0 Å². The van der Waals surface area contributed by atoms with Gasteiger partial charge in [0.1, 0.15) is 17.6 Å². The molecule has 10 heteroatoms. The van der Waals surface area contributed by atoms with Crippen molar-refractivity contribution in [2.24, 2.45) is 11.8 Å². The monoisotopic (exact) mass is 654 g/mol. The number of likely N-dealkylation sites (tertiary alicyclic amines) is 1. The second-order valence-corrected chi connectivity index (χ2v) is 13.8. The van der Waals surface area contributed by atoms with Crippen LogP contribution in [0.25, 0.3) is 0 Å². The zero-order chi connectivity index (χ0) is 33.7. The second kappa shape index (κ2) is 15.7. The van der Waals surface area contributed by atoms with Gasteiger partial charge in [-0.2, -0.15) is 13.9 Å². The average molecular weight is 655 g/mol. The van der Waals surface area contributed by atoms with Gasteiger partial charge in [-0.3, -0.25) is 14.4 Å². The van der Waals surface area contributed by atoms with Crippen molar-refractivity contribution < 1.29 is 27.8 Å². The standard InChI is InChI=1S/C37H49F3N4O3/c1-5-44-34(21-30(41-44)18-25-9-11-32(12-10-25)47-37(39)40)26-13-15-43(16-14-26)23-28-20-31(42(4)35(36(45)46)17-24(2)3)22-33(28)27-7-6-8-29(38)19-27/h6-12,19,21,24,26,28,31,33,35,37H,5,13-18,20,22-23H2,1-4H3,(H,45,46)/t28?,31?,33?,35-/m1/s1. The number of carbonyl (C=O) groups is 1. The Bertz CT molecular complexity index is 1460. The van der Waals surface area contributed by atoms with Crippen molar-refractivity contribution in [1.29, 1.82) is 0 Å². The molecule has 0 spiro atoms. The van der Waals surface area contributed by atoms with Gasteiger partial charge in [0.25, 0.3) is 0 Å². The third-order valence-electron chi connectivity index (χ3n) is 10.2. The quantitative estimate of drug-likeness (QED) is 0.195. The molecule has 1 saturated heterocycles. The number of nitrogens with zero attached hydrogens (tertiary/aromatic N) is 4. The summed E-state index contributed by atoms with van der Waals surface area (Å²) in [6.45, 7) is 6.97. The van der Waals surface area contributed by atoms with Gasteiger partial charge in [-0.15, -0.1) is 0 Å². The van der Waals surface area contributed by atoms with E-state index < -0.39 is 18.6 Å². The fourth-order valence-electron chi connectivity index (χ4n) is 7.81. The highest BCUT2D eigenvalue weighted by Crippen LogP contribution is 2.43. The molecule has 1 aromatic heterocycles. The number of ether oxygens (including phenoxy) is 1. The second-order valence-electron chi connectivity index (χ2n) is 13.8. The van der Waals surface area contributed by atoms with Crippen LogP contribution in [0.4, 0.5) is 13.2 Å². The van der Waals surface area contributed by atoms with Crippen molar-refractivity contribution in [2.75, 3.05) is 26.7 Å². The average Bonchev–Trinajstić information content (AvgIpc) is 3.64. The summed E-state index contributed by atoms with van der Waals surface area (Å²) in [5.41, 5.74) is 4.20. The van der Waals surface area contributed by atoms with E-state index in [1.54, 1.807) is 36.4 Å². The minimum atomic E-state index is -2.84. The van der Waals surface area contributed by atoms with Crippen molar-refractivity contribution in [3.63, 3.8) is 0 Å². The van der Waals surface area contributed by atoms with Crippen LogP contribution in [-0.2, 0) is 17.8 Å². The van der Waals surface area contributed by atoms with Gasteiger partial charge in [-0.05, 0) is 118 Å². The summed E-state index contributed by atoms with van der Waals surface area (Å²) in [5.74, 6) is 0.283. The van der Waals surface area contributed by atoms with Crippen LogP contribution in [0.3, 0.4) is 0 Å². The molecule has 0 radical (unpaired) electrons. The lowest BCUT2D eigenvalue weighted by Crippen LogP contribution is -2.45. The molecule has 7 nitrogen and oxygen atoms in total. The van der Waals surface area contributed by atoms with Gasteiger partial charge in [0.05, 0.1) is 5.69 Å². The number of halogens is 3. The summed E-state index contributed by atoms with van der Waals surface area (Å²) in [6, 6.07) is 15.5. The van der Waals surface area contributed by atoms with Gasteiger partial charge in [0, 0.05) is 37.2 Å². The van der Waals surface area contributed by atoms with E-state index in [1.807, 2.05) is 13.1 Å². The summed E-state index contributed by atoms with van der Waals surface area (Å²) < 4.78 is 46.0. The predicted octanol–water partition coefficient (Wildman–Crippen LogP) is 7.41. The summed E-state index contributed by atoms with van der Waals surface area (Å²) in [5, 5.41) is 14.9. The van der Waals surface area contributed by atoms with Crippen molar-refractivity contribution in [3.8, 4) is 5.75 Å². The fourth-order valence-corrected chi connectivity index (χ4v) is 7.81. The normalized spacial score (nSPS) is 21.6. The zero-order valence-corrected chi connectivity index (χ0v) is 28.0.